The summed E-state index contributed by atoms with van der Waals surface area (Å²) < 4.78 is 38.7. The lowest BCUT2D eigenvalue weighted by atomic mass is 9.84. The van der Waals surface area contributed by atoms with Gasteiger partial charge in [-0.25, -0.2) is 8.78 Å². The summed E-state index contributed by atoms with van der Waals surface area (Å²) in [6.45, 7) is 2.01. The van der Waals surface area contributed by atoms with Gasteiger partial charge in [-0.15, -0.1) is 0 Å². The Morgan fingerprint density at radius 3 is 2.50 bits per heavy atom. The summed E-state index contributed by atoms with van der Waals surface area (Å²) in [5, 5.41) is 3.02. The summed E-state index contributed by atoms with van der Waals surface area (Å²) in [5.41, 5.74) is -0.211. The van der Waals surface area contributed by atoms with E-state index in [1.807, 2.05) is 0 Å². The molecule has 1 N–H and O–H groups in total. The maximum absolute atomic E-state index is 13.7. The molecule has 20 heavy (non-hydrogen) atoms. The predicted molar refractivity (Wildman–Crippen MR) is 71.7 cm³/mol. The molecule has 2 aliphatic heterocycles. The number of nitrogens with one attached hydrogen (secondary N) is 1. The molecule has 0 radical (unpaired) electrons. The molecular weight excluding hydrogens is 264 g/mol. The minimum Gasteiger partial charge on any atom is -0.381 e. The molecule has 2 heterocycles. The van der Waals surface area contributed by atoms with Crippen molar-refractivity contribution >= 4 is 5.69 Å². The minimum atomic E-state index is -0.544. The fourth-order valence-corrected chi connectivity index (χ4v) is 3.08. The lowest BCUT2D eigenvalue weighted by molar-refractivity contribution is -0.135. The zero-order valence-electron chi connectivity index (χ0n) is 11.3. The second-order valence-electron chi connectivity index (χ2n) is 5.57. The SMILES string of the molecule is Fc1cccc(F)c1NC1CCOC2(CCOCC2)C1. The summed E-state index contributed by atoms with van der Waals surface area (Å²) in [7, 11) is 0. The van der Waals surface area contributed by atoms with E-state index < -0.39 is 11.6 Å². The molecular formula is C15H19F2NO2. The van der Waals surface area contributed by atoms with E-state index in [-0.39, 0.29) is 17.3 Å². The van der Waals surface area contributed by atoms with E-state index in [9.17, 15) is 8.78 Å². The summed E-state index contributed by atoms with van der Waals surface area (Å²) in [4.78, 5) is 0. The van der Waals surface area contributed by atoms with Crippen LogP contribution in [0.15, 0.2) is 18.2 Å². The first-order chi connectivity index (χ1) is 9.69. The molecule has 0 aliphatic carbocycles. The Balaban J connectivity index is 1.71. The van der Waals surface area contributed by atoms with Crippen molar-refractivity contribution in [2.24, 2.45) is 0 Å². The van der Waals surface area contributed by atoms with Gasteiger partial charge in [0.2, 0.25) is 0 Å². The van der Waals surface area contributed by atoms with Crippen LogP contribution in [0.5, 0.6) is 0 Å². The fourth-order valence-electron chi connectivity index (χ4n) is 3.08. The third-order valence-electron chi connectivity index (χ3n) is 4.21. The zero-order valence-corrected chi connectivity index (χ0v) is 11.3. The average Bonchev–Trinajstić information content (AvgIpc) is 2.44. The molecule has 1 spiro atoms. The first-order valence-electron chi connectivity index (χ1n) is 7.11. The highest BCUT2D eigenvalue weighted by atomic mass is 19.1. The Morgan fingerprint density at radius 1 is 1.10 bits per heavy atom. The van der Waals surface area contributed by atoms with Crippen molar-refractivity contribution in [1.82, 2.24) is 0 Å². The van der Waals surface area contributed by atoms with Crippen LogP contribution in [-0.4, -0.2) is 31.5 Å². The van der Waals surface area contributed by atoms with Crippen LogP contribution in [0, 0.1) is 11.6 Å². The number of anilines is 1. The smallest absolute Gasteiger partial charge is 0.149 e. The first-order valence-corrected chi connectivity index (χ1v) is 7.11. The number of benzene rings is 1. The number of halogens is 2. The maximum atomic E-state index is 13.7. The van der Waals surface area contributed by atoms with Gasteiger partial charge in [0.15, 0.2) is 0 Å². The molecule has 3 rings (SSSR count). The van der Waals surface area contributed by atoms with E-state index in [2.05, 4.69) is 5.32 Å². The van der Waals surface area contributed by atoms with Crippen LogP contribution in [0.4, 0.5) is 14.5 Å². The van der Waals surface area contributed by atoms with E-state index in [1.54, 1.807) is 0 Å². The van der Waals surface area contributed by atoms with E-state index >= 15 is 0 Å². The van der Waals surface area contributed by atoms with Gasteiger partial charge in [0.25, 0.3) is 0 Å². The second kappa shape index (κ2) is 5.66. The van der Waals surface area contributed by atoms with Crippen molar-refractivity contribution in [3.8, 4) is 0 Å². The molecule has 5 heteroatoms. The van der Waals surface area contributed by atoms with E-state index in [0.717, 1.165) is 25.7 Å². The first kappa shape index (κ1) is 13.8. The fraction of sp³-hybridized carbons (Fsp3) is 0.600. The molecule has 1 unspecified atom stereocenters. The van der Waals surface area contributed by atoms with Crippen molar-refractivity contribution < 1.29 is 18.3 Å². The van der Waals surface area contributed by atoms with Gasteiger partial charge >= 0.3 is 0 Å². The number of hydrogen-bond acceptors (Lipinski definition) is 3. The molecule has 2 aliphatic rings. The molecule has 3 nitrogen and oxygen atoms in total. The van der Waals surface area contributed by atoms with Crippen LogP contribution in [-0.2, 0) is 9.47 Å². The van der Waals surface area contributed by atoms with Crippen LogP contribution < -0.4 is 5.32 Å². The summed E-state index contributed by atoms with van der Waals surface area (Å²) >= 11 is 0. The van der Waals surface area contributed by atoms with Crippen LogP contribution in [0.1, 0.15) is 25.7 Å². The molecule has 1 aromatic rings. The van der Waals surface area contributed by atoms with Crippen LogP contribution in [0.2, 0.25) is 0 Å². The number of ether oxygens (including phenoxy) is 2. The van der Waals surface area contributed by atoms with Crippen molar-refractivity contribution in [2.75, 3.05) is 25.1 Å². The Bertz CT molecular complexity index is 449. The highest BCUT2D eigenvalue weighted by Gasteiger charge is 2.39. The van der Waals surface area contributed by atoms with Gasteiger partial charge in [0.1, 0.15) is 17.3 Å². The highest BCUT2D eigenvalue weighted by Crippen LogP contribution is 2.35. The number of hydrogen-bond donors (Lipinski definition) is 1. The summed E-state index contributed by atoms with van der Waals surface area (Å²) in [6, 6.07) is 3.96. The molecule has 0 amide bonds. The van der Waals surface area contributed by atoms with E-state index in [4.69, 9.17) is 9.47 Å². The molecule has 2 fully saturated rings. The van der Waals surface area contributed by atoms with Gasteiger partial charge in [0, 0.05) is 25.9 Å². The Hall–Kier alpha value is -1.20. The Morgan fingerprint density at radius 2 is 1.80 bits per heavy atom. The molecule has 110 valence electrons. The lowest BCUT2D eigenvalue weighted by Gasteiger charge is -2.43. The van der Waals surface area contributed by atoms with Crippen molar-refractivity contribution in [1.29, 1.82) is 0 Å². The lowest BCUT2D eigenvalue weighted by Crippen LogP contribution is -2.48. The van der Waals surface area contributed by atoms with Gasteiger partial charge in [0.05, 0.1) is 5.60 Å². The normalized spacial score (nSPS) is 25.6. The van der Waals surface area contributed by atoms with Gasteiger partial charge in [-0.2, -0.15) is 0 Å². The summed E-state index contributed by atoms with van der Waals surface area (Å²) in [6.07, 6.45) is 3.23. The van der Waals surface area contributed by atoms with E-state index in [0.29, 0.717) is 19.8 Å². The third-order valence-corrected chi connectivity index (χ3v) is 4.21. The molecule has 0 saturated carbocycles. The van der Waals surface area contributed by atoms with Crippen molar-refractivity contribution in [3.05, 3.63) is 29.8 Å². The molecule has 2 saturated heterocycles. The van der Waals surface area contributed by atoms with Crippen molar-refractivity contribution in [2.45, 2.75) is 37.3 Å². The van der Waals surface area contributed by atoms with Gasteiger partial charge in [-0.3, -0.25) is 0 Å². The zero-order chi connectivity index (χ0) is 14.0. The maximum Gasteiger partial charge on any atom is 0.149 e. The van der Waals surface area contributed by atoms with Gasteiger partial charge in [-0.05, 0) is 37.8 Å². The van der Waals surface area contributed by atoms with Gasteiger partial charge in [-0.1, -0.05) is 6.07 Å². The van der Waals surface area contributed by atoms with E-state index in [1.165, 1.54) is 18.2 Å². The number of para-hydroxylation sites is 1. The standard InChI is InChI=1S/C15H19F2NO2/c16-12-2-1-3-13(17)14(12)18-11-4-7-20-15(10-11)5-8-19-9-6-15/h1-3,11,18H,4-10H2. The van der Waals surface area contributed by atoms with Crippen LogP contribution in [0.25, 0.3) is 0 Å². The second-order valence-corrected chi connectivity index (χ2v) is 5.57. The van der Waals surface area contributed by atoms with Crippen LogP contribution >= 0.6 is 0 Å². The largest absolute Gasteiger partial charge is 0.381 e. The predicted octanol–water partition coefficient (Wildman–Crippen LogP) is 3.10. The summed E-state index contributed by atoms with van der Waals surface area (Å²) in [5.74, 6) is -1.09. The highest BCUT2D eigenvalue weighted by molar-refractivity contribution is 5.47. The minimum absolute atomic E-state index is 0.0263. The molecule has 1 atom stereocenters. The Kier molecular flexibility index (Phi) is 3.89. The third kappa shape index (κ3) is 2.79. The monoisotopic (exact) mass is 283 g/mol. The topological polar surface area (TPSA) is 30.5 Å². The molecule has 0 bridgehead atoms. The Labute approximate surface area is 117 Å². The quantitative estimate of drug-likeness (QED) is 0.904. The average molecular weight is 283 g/mol. The molecule has 0 aromatic heterocycles. The molecule has 1 aromatic carbocycles. The van der Waals surface area contributed by atoms with Gasteiger partial charge < -0.3 is 14.8 Å². The number of rotatable bonds is 2. The van der Waals surface area contributed by atoms with Crippen LogP contribution in [0.3, 0.4) is 0 Å². The van der Waals surface area contributed by atoms with Crippen molar-refractivity contribution in [3.63, 3.8) is 0 Å².